The summed E-state index contributed by atoms with van der Waals surface area (Å²) in [5, 5.41) is 2.92. The summed E-state index contributed by atoms with van der Waals surface area (Å²) in [5.74, 6) is 0. The fraction of sp³-hybridized carbons (Fsp3) is 0.545. The molecular formula is C11H17BrN2OS. The number of nitrogens with zero attached hydrogens (tertiary/aromatic N) is 1. The van der Waals surface area contributed by atoms with Crippen molar-refractivity contribution in [1.29, 1.82) is 0 Å². The highest BCUT2D eigenvalue weighted by molar-refractivity contribution is 9.11. The molecule has 0 atom stereocenters. The van der Waals surface area contributed by atoms with Crippen LogP contribution in [-0.4, -0.2) is 30.6 Å². The number of urea groups is 1. The van der Waals surface area contributed by atoms with E-state index in [9.17, 15) is 4.79 Å². The summed E-state index contributed by atoms with van der Waals surface area (Å²) < 4.78 is 1.14. The molecular weight excluding hydrogens is 288 g/mol. The third-order valence-corrected chi connectivity index (χ3v) is 4.01. The second-order valence-corrected chi connectivity index (χ2v) is 5.91. The molecule has 0 aliphatic rings. The zero-order chi connectivity index (χ0) is 12.0. The lowest BCUT2D eigenvalue weighted by atomic mass is 10.3. The maximum Gasteiger partial charge on any atom is 0.317 e. The predicted molar refractivity (Wildman–Crippen MR) is 72.0 cm³/mol. The Balaban J connectivity index is 2.27. The Morgan fingerprint density at radius 3 is 2.62 bits per heavy atom. The van der Waals surface area contributed by atoms with Gasteiger partial charge in [-0.05, 0) is 48.3 Å². The molecule has 3 nitrogen and oxygen atoms in total. The molecule has 5 heteroatoms. The number of carbonyl (C=O) groups is 1. The van der Waals surface area contributed by atoms with Crippen LogP contribution in [0.4, 0.5) is 4.79 Å². The van der Waals surface area contributed by atoms with Crippen molar-refractivity contribution in [2.45, 2.75) is 20.3 Å². The third-order valence-electron chi connectivity index (χ3n) is 2.33. The molecule has 1 aromatic rings. The van der Waals surface area contributed by atoms with Crippen molar-refractivity contribution in [2.24, 2.45) is 0 Å². The van der Waals surface area contributed by atoms with Crippen LogP contribution < -0.4 is 5.32 Å². The first-order chi connectivity index (χ1) is 7.67. The Kier molecular flexibility index (Phi) is 5.84. The molecule has 90 valence electrons. The summed E-state index contributed by atoms with van der Waals surface area (Å²) in [6.45, 7) is 6.18. The molecule has 1 N–H and O–H groups in total. The first-order valence-corrected chi connectivity index (χ1v) is 7.05. The Bertz CT molecular complexity index is 336. The van der Waals surface area contributed by atoms with Gasteiger partial charge in [-0.25, -0.2) is 4.79 Å². The molecule has 0 spiro atoms. The molecule has 1 aromatic heterocycles. The lowest BCUT2D eigenvalue weighted by Gasteiger charge is -2.18. The van der Waals surface area contributed by atoms with E-state index in [0.717, 1.165) is 23.3 Å². The minimum Gasteiger partial charge on any atom is -0.338 e. The molecule has 0 unspecified atom stereocenters. The van der Waals surface area contributed by atoms with E-state index in [1.807, 2.05) is 19.9 Å². The number of rotatable bonds is 5. The van der Waals surface area contributed by atoms with Gasteiger partial charge in [0.2, 0.25) is 0 Å². The highest BCUT2D eigenvalue weighted by atomic mass is 79.9. The predicted octanol–water partition coefficient (Wildman–Crippen LogP) is 3.10. The van der Waals surface area contributed by atoms with Crippen LogP contribution in [0.15, 0.2) is 15.9 Å². The van der Waals surface area contributed by atoms with Crippen molar-refractivity contribution in [2.75, 3.05) is 19.6 Å². The maximum atomic E-state index is 11.6. The van der Waals surface area contributed by atoms with Gasteiger partial charge >= 0.3 is 6.03 Å². The molecule has 0 radical (unpaired) electrons. The zero-order valence-corrected chi connectivity index (χ0v) is 12.0. The number of hydrogen-bond acceptors (Lipinski definition) is 2. The second-order valence-electron chi connectivity index (χ2n) is 3.36. The number of amides is 2. The van der Waals surface area contributed by atoms with Crippen molar-refractivity contribution in [1.82, 2.24) is 10.2 Å². The van der Waals surface area contributed by atoms with E-state index in [0.29, 0.717) is 6.54 Å². The van der Waals surface area contributed by atoms with Crippen LogP contribution in [0.5, 0.6) is 0 Å². The van der Waals surface area contributed by atoms with E-state index >= 15 is 0 Å². The van der Waals surface area contributed by atoms with Crippen LogP contribution >= 0.6 is 27.3 Å². The zero-order valence-electron chi connectivity index (χ0n) is 9.62. The molecule has 2 amide bonds. The van der Waals surface area contributed by atoms with Gasteiger partial charge in [-0.2, -0.15) is 0 Å². The number of hydrogen-bond donors (Lipinski definition) is 1. The highest BCUT2D eigenvalue weighted by Gasteiger charge is 2.07. The SMILES string of the molecule is CCN(CC)C(=O)NCCc1ccc(Br)s1. The first kappa shape index (κ1) is 13.5. The van der Waals surface area contributed by atoms with Gasteiger partial charge in [0.15, 0.2) is 0 Å². The summed E-state index contributed by atoms with van der Waals surface area (Å²) in [5.41, 5.74) is 0. The van der Waals surface area contributed by atoms with Gasteiger partial charge in [0, 0.05) is 24.5 Å². The number of nitrogens with one attached hydrogen (secondary N) is 1. The first-order valence-electron chi connectivity index (χ1n) is 5.44. The van der Waals surface area contributed by atoms with Crippen LogP contribution in [0.1, 0.15) is 18.7 Å². The van der Waals surface area contributed by atoms with Crippen LogP contribution in [0.25, 0.3) is 0 Å². The Morgan fingerprint density at radius 2 is 2.12 bits per heavy atom. The average Bonchev–Trinajstić information content (AvgIpc) is 2.66. The van der Waals surface area contributed by atoms with E-state index < -0.39 is 0 Å². The molecule has 1 heterocycles. The quantitative estimate of drug-likeness (QED) is 0.891. The lowest BCUT2D eigenvalue weighted by molar-refractivity contribution is 0.203. The van der Waals surface area contributed by atoms with Gasteiger partial charge in [-0.1, -0.05) is 0 Å². The molecule has 0 fully saturated rings. The van der Waals surface area contributed by atoms with Crippen LogP contribution in [-0.2, 0) is 6.42 Å². The minimum absolute atomic E-state index is 0.0284. The van der Waals surface area contributed by atoms with E-state index in [-0.39, 0.29) is 6.03 Å². The largest absolute Gasteiger partial charge is 0.338 e. The average molecular weight is 305 g/mol. The Labute approximate surface area is 109 Å². The van der Waals surface area contributed by atoms with Crippen LogP contribution in [0, 0.1) is 0 Å². The van der Waals surface area contributed by atoms with Gasteiger partial charge < -0.3 is 10.2 Å². The topological polar surface area (TPSA) is 32.3 Å². The van der Waals surface area contributed by atoms with Crippen molar-refractivity contribution in [3.8, 4) is 0 Å². The fourth-order valence-corrected chi connectivity index (χ4v) is 2.88. The molecule has 0 aliphatic heterocycles. The number of carbonyl (C=O) groups excluding carboxylic acids is 1. The van der Waals surface area contributed by atoms with Gasteiger partial charge in [0.05, 0.1) is 3.79 Å². The van der Waals surface area contributed by atoms with E-state index in [1.165, 1.54) is 4.88 Å². The van der Waals surface area contributed by atoms with E-state index in [4.69, 9.17) is 0 Å². The lowest BCUT2D eigenvalue weighted by Crippen LogP contribution is -2.40. The van der Waals surface area contributed by atoms with E-state index in [2.05, 4.69) is 27.3 Å². The normalized spacial score (nSPS) is 10.2. The summed E-state index contributed by atoms with van der Waals surface area (Å²) in [7, 11) is 0. The molecule has 16 heavy (non-hydrogen) atoms. The molecule has 1 rings (SSSR count). The Hall–Kier alpha value is -0.550. The standard InChI is InChI=1S/C11H17BrN2OS/c1-3-14(4-2)11(15)13-8-7-9-5-6-10(12)16-9/h5-6H,3-4,7-8H2,1-2H3,(H,13,15). The second kappa shape index (κ2) is 6.91. The molecule has 0 saturated carbocycles. The number of halogens is 1. The van der Waals surface area contributed by atoms with Gasteiger partial charge in [-0.15, -0.1) is 11.3 Å². The summed E-state index contributed by atoms with van der Waals surface area (Å²) in [4.78, 5) is 14.7. The smallest absolute Gasteiger partial charge is 0.317 e. The summed E-state index contributed by atoms with van der Waals surface area (Å²) in [6, 6.07) is 4.14. The summed E-state index contributed by atoms with van der Waals surface area (Å²) >= 11 is 5.13. The Morgan fingerprint density at radius 1 is 1.44 bits per heavy atom. The monoisotopic (exact) mass is 304 g/mol. The molecule has 0 saturated heterocycles. The van der Waals surface area contributed by atoms with Gasteiger partial charge in [0.25, 0.3) is 0 Å². The van der Waals surface area contributed by atoms with Crippen LogP contribution in [0.2, 0.25) is 0 Å². The minimum atomic E-state index is 0.0284. The number of thiophene rings is 1. The highest BCUT2D eigenvalue weighted by Crippen LogP contribution is 2.21. The fourth-order valence-electron chi connectivity index (χ4n) is 1.40. The van der Waals surface area contributed by atoms with Gasteiger partial charge in [-0.3, -0.25) is 0 Å². The van der Waals surface area contributed by atoms with Crippen molar-refractivity contribution in [3.63, 3.8) is 0 Å². The maximum absolute atomic E-state index is 11.6. The van der Waals surface area contributed by atoms with Crippen molar-refractivity contribution in [3.05, 3.63) is 20.8 Å². The van der Waals surface area contributed by atoms with E-state index in [1.54, 1.807) is 16.2 Å². The molecule has 0 bridgehead atoms. The molecule has 0 aliphatic carbocycles. The third kappa shape index (κ3) is 4.14. The van der Waals surface area contributed by atoms with Crippen molar-refractivity contribution < 1.29 is 4.79 Å². The van der Waals surface area contributed by atoms with Crippen molar-refractivity contribution >= 4 is 33.3 Å². The summed E-state index contributed by atoms with van der Waals surface area (Å²) in [6.07, 6.45) is 0.892. The molecule has 0 aromatic carbocycles. The van der Waals surface area contributed by atoms with Gasteiger partial charge in [0.1, 0.15) is 0 Å². The van der Waals surface area contributed by atoms with Crippen LogP contribution in [0.3, 0.4) is 0 Å².